The SMILES string of the molecule is CCCCCCCCCCCCCCCCCCOS(=O)(=O)c1ccccc1.[Ag]. The third-order valence-electron chi connectivity index (χ3n) is 5.27. The second-order valence-electron chi connectivity index (χ2n) is 7.89. The molecule has 0 aliphatic heterocycles. The summed E-state index contributed by atoms with van der Waals surface area (Å²) in [5.41, 5.74) is 0. The summed E-state index contributed by atoms with van der Waals surface area (Å²) in [7, 11) is -3.58. The van der Waals surface area contributed by atoms with Crippen LogP contribution in [0.1, 0.15) is 110 Å². The second-order valence-corrected chi connectivity index (χ2v) is 9.51. The zero-order valence-corrected chi connectivity index (χ0v) is 20.6. The van der Waals surface area contributed by atoms with Crippen molar-refractivity contribution in [3.05, 3.63) is 30.3 Å². The fourth-order valence-corrected chi connectivity index (χ4v) is 4.44. The maximum Gasteiger partial charge on any atom is 0.296 e. The predicted molar refractivity (Wildman–Crippen MR) is 119 cm³/mol. The smallest absolute Gasteiger partial charge is 0.266 e. The molecule has 1 radical (unpaired) electrons. The Balaban J connectivity index is 0.00000784. The minimum absolute atomic E-state index is 0. The maximum absolute atomic E-state index is 12.0. The Labute approximate surface area is 196 Å². The van der Waals surface area contributed by atoms with E-state index in [-0.39, 0.29) is 33.9 Å². The molecule has 0 spiro atoms. The van der Waals surface area contributed by atoms with Crippen LogP contribution in [-0.4, -0.2) is 15.0 Å². The Morgan fingerprint density at radius 2 is 1.00 bits per heavy atom. The zero-order valence-electron chi connectivity index (χ0n) is 18.3. The number of rotatable bonds is 19. The van der Waals surface area contributed by atoms with E-state index in [1.54, 1.807) is 30.3 Å². The number of benzene rings is 1. The minimum Gasteiger partial charge on any atom is -0.266 e. The standard InChI is InChI=1S/C24H42O3S.Ag/c1-2-3-4-5-6-7-8-9-10-11-12-13-14-15-16-20-23-27-28(25,26)24-21-18-17-19-22-24;/h17-19,21-22H,2-16,20,23H2,1H3;. The van der Waals surface area contributed by atoms with Crippen LogP contribution < -0.4 is 0 Å². The van der Waals surface area contributed by atoms with E-state index < -0.39 is 10.1 Å². The zero-order chi connectivity index (χ0) is 20.3. The van der Waals surface area contributed by atoms with E-state index in [9.17, 15) is 8.42 Å². The van der Waals surface area contributed by atoms with E-state index in [0.29, 0.717) is 0 Å². The van der Waals surface area contributed by atoms with Crippen molar-refractivity contribution in [3.8, 4) is 0 Å². The first kappa shape index (κ1) is 28.9. The van der Waals surface area contributed by atoms with E-state index in [1.165, 1.54) is 89.9 Å². The van der Waals surface area contributed by atoms with Gasteiger partial charge < -0.3 is 0 Å². The summed E-state index contributed by atoms with van der Waals surface area (Å²) >= 11 is 0. The fraction of sp³-hybridized carbons (Fsp3) is 0.750. The molecule has 0 saturated heterocycles. The van der Waals surface area contributed by atoms with Crippen LogP contribution >= 0.6 is 0 Å². The van der Waals surface area contributed by atoms with E-state index in [1.807, 2.05) is 0 Å². The van der Waals surface area contributed by atoms with Crippen molar-refractivity contribution in [2.24, 2.45) is 0 Å². The van der Waals surface area contributed by atoms with Crippen LogP contribution in [0.15, 0.2) is 35.2 Å². The Kier molecular flexibility index (Phi) is 19.7. The first-order valence-corrected chi connectivity index (χ1v) is 13.0. The minimum atomic E-state index is -3.58. The molecule has 0 amide bonds. The molecule has 0 heterocycles. The van der Waals surface area contributed by atoms with Crippen molar-refractivity contribution in [2.75, 3.05) is 6.61 Å². The molecule has 0 N–H and O–H groups in total. The van der Waals surface area contributed by atoms with Gasteiger partial charge in [0.2, 0.25) is 0 Å². The molecule has 0 aliphatic carbocycles. The quantitative estimate of drug-likeness (QED) is 0.107. The Morgan fingerprint density at radius 1 is 0.621 bits per heavy atom. The summed E-state index contributed by atoms with van der Waals surface area (Å²) < 4.78 is 29.0. The average molecular weight is 519 g/mol. The van der Waals surface area contributed by atoms with Crippen LogP contribution in [0.25, 0.3) is 0 Å². The van der Waals surface area contributed by atoms with Crippen molar-refractivity contribution in [2.45, 2.75) is 115 Å². The monoisotopic (exact) mass is 517 g/mol. The van der Waals surface area contributed by atoms with E-state index in [0.717, 1.165) is 12.8 Å². The molecule has 0 unspecified atom stereocenters. The van der Waals surface area contributed by atoms with Crippen molar-refractivity contribution in [1.29, 1.82) is 0 Å². The third-order valence-corrected chi connectivity index (χ3v) is 6.59. The molecule has 0 bridgehead atoms. The van der Waals surface area contributed by atoms with Gasteiger partial charge in [-0.1, -0.05) is 121 Å². The second kappa shape index (κ2) is 19.8. The van der Waals surface area contributed by atoms with E-state index in [4.69, 9.17) is 4.18 Å². The van der Waals surface area contributed by atoms with Crippen LogP contribution in [0, 0.1) is 0 Å². The summed E-state index contributed by atoms with van der Waals surface area (Å²) in [6.45, 7) is 2.56. The molecule has 1 aromatic rings. The average Bonchev–Trinajstić information content (AvgIpc) is 2.71. The van der Waals surface area contributed by atoms with Gasteiger partial charge in [-0.05, 0) is 18.6 Å². The molecule has 3 nitrogen and oxygen atoms in total. The van der Waals surface area contributed by atoms with Gasteiger partial charge in [-0.15, -0.1) is 0 Å². The molecular weight excluding hydrogens is 476 g/mol. The van der Waals surface area contributed by atoms with Gasteiger partial charge in [0, 0.05) is 22.4 Å². The molecule has 0 aromatic heterocycles. The Morgan fingerprint density at radius 3 is 1.41 bits per heavy atom. The van der Waals surface area contributed by atoms with Crippen LogP contribution in [0.5, 0.6) is 0 Å². The van der Waals surface area contributed by atoms with Crippen molar-refractivity contribution in [3.63, 3.8) is 0 Å². The molecular formula is C24H42AgO3S. The third kappa shape index (κ3) is 16.3. The molecule has 0 aliphatic rings. The maximum atomic E-state index is 12.0. The van der Waals surface area contributed by atoms with Gasteiger partial charge in [0.05, 0.1) is 11.5 Å². The summed E-state index contributed by atoms with van der Waals surface area (Å²) in [4.78, 5) is 0.242. The molecule has 0 saturated carbocycles. The van der Waals surface area contributed by atoms with Crippen LogP contribution in [-0.2, 0) is 36.7 Å². The molecule has 1 aromatic carbocycles. The van der Waals surface area contributed by atoms with E-state index >= 15 is 0 Å². The first-order valence-electron chi connectivity index (χ1n) is 11.6. The van der Waals surface area contributed by atoms with Gasteiger partial charge in [-0.25, -0.2) is 0 Å². The van der Waals surface area contributed by atoms with Crippen molar-refractivity contribution < 1.29 is 35.0 Å². The van der Waals surface area contributed by atoms with Crippen LogP contribution in [0.3, 0.4) is 0 Å². The van der Waals surface area contributed by atoms with Crippen LogP contribution in [0.2, 0.25) is 0 Å². The van der Waals surface area contributed by atoms with Crippen molar-refractivity contribution in [1.82, 2.24) is 0 Å². The predicted octanol–water partition coefficient (Wildman–Crippen LogP) is 7.65. The Bertz CT molecular complexity index is 561. The number of hydrogen-bond acceptors (Lipinski definition) is 3. The molecule has 0 fully saturated rings. The Hall–Kier alpha value is -0.130. The fourth-order valence-electron chi connectivity index (χ4n) is 3.47. The number of unbranched alkanes of at least 4 members (excludes halogenated alkanes) is 15. The van der Waals surface area contributed by atoms with Crippen LogP contribution in [0.4, 0.5) is 0 Å². The van der Waals surface area contributed by atoms with Gasteiger partial charge >= 0.3 is 0 Å². The summed E-state index contributed by atoms with van der Waals surface area (Å²) in [5.74, 6) is 0. The topological polar surface area (TPSA) is 43.4 Å². The molecule has 0 atom stereocenters. The molecule has 5 heteroatoms. The van der Waals surface area contributed by atoms with Gasteiger partial charge in [0.15, 0.2) is 0 Å². The largest absolute Gasteiger partial charge is 0.296 e. The molecule has 1 rings (SSSR count). The normalized spacial score (nSPS) is 11.3. The summed E-state index contributed by atoms with van der Waals surface area (Å²) in [6, 6.07) is 8.37. The van der Waals surface area contributed by atoms with E-state index in [2.05, 4.69) is 6.92 Å². The summed E-state index contributed by atoms with van der Waals surface area (Å²) in [6.07, 6.45) is 20.9. The van der Waals surface area contributed by atoms with Gasteiger partial charge in [-0.3, -0.25) is 4.18 Å². The van der Waals surface area contributed by atoms with Gasteiger partial charge in [-0.2, -0.15) is 8.42 Å². The van der Waals surface area contributed by atoms with Crippen molar-refractivity contribution >= 4 is 10.1 Å². The van der Waals surface area contributed by atoms with Gasteiger partial charge in [0.1, 0.15) is 0 Å². The van der Waals surface area contributed by atoms with Gasteiger partial charge in [0.25, 0.3) is 10.1 Å². The summed E-state index contributed by atoms with van der Waals surface area (Å²) in [5, 5.41) is 0. The first-order chi connectivity index (χ1) is 13.7. The molecule has 173 valence electrons. The number of hydrogen-bond donors (Lipinski definition) is 0. The molecule has 29 heavy (non-hydrogen) atoms.